The van der Waals surface area contributed by atoms with Gasteiger partial charge in [-0.05, 0) is 34.1 Å². The summed E-state index contributed by atoms with van der Waals surface area (Å²) in [5, 5.41) is 0. The Morgan fingerprint density at radius 2 is 1.75 bits per heavy atom. The first kappa shape index (κ1) is 13.6. The Balaban J connectivity index is 2.84. The van der Waals surface area contributed by atoms with Crippen molar-refractivity contribution in [3.63, 3.8) is 0 Å². The Kier molecular flexibility index (Phi) is 3.77. The molecule has 0 N–H and O–H groups in total. The highest BCUT2D eigenvalue weighted by Crippen LogP contribution is 2.42. The zero-order valence-electron chi connectivity index (χ0n) is 11.0. The first-order valence-corrected chi connectivity index (χ1v) is 5.53. The first-order chi connectivity index (χ1) is 7.23. The number of ether oxygens (including phenoxy) is 3. The van der Waals surface area contributed by atoms with E-state index in [9.17, 15) is 4.79 Å². The topological polar surface area (TPSA) is 44.8 Å². The van der Waals surface area contributed by atoms with Crippen LogP contribution in [0.15, 0.2) is 0 Å². The van der Waals surface area contributed by atoms with Crippen LogP contribution < -0.4 is 0 Å². The highest BCUT2D eigenvalue weighted by Gasteiger charge is 2.50. The smallest absolute Gasteiger partial charge is 0.217 e. The standard InChI is InChI=1S/C12H22O4/c1-11(2)7-8(12(3,4)16-11)9(13)10(14-5)15-6/h8,10H,7H2,1-6H3. The highest BCUT2D eigenvalue weighted by molar-refractivity contribution is 5.85. The van der Waals surface area contributed by atoms with Crippen molar-refractivity contribution in [2.24, 2.45) is 5.92 Å². The fourth-order valence-electron chi connectivity index (χ4n) is 2.50. The average molecular weight is 230 g/mol. The quantitative estimate of drug-likeness (QED) is 0.690. The van der Waals surface area contributed by atoms with Gasteiger partial charge in [0.05, 0.1) is 17.1 Å². The minimum Gasteiger partial charge on any atom is -0.369 e. The normalized spacial score (nSPS) is 27.3. The van der Waals surface area contributed by atoms with E-state index in [-0.39, 0.29) is 17.3 Å². The molecule has 1 unspecified atom stereocenters. The van der Waals surface area contributed by atoms with Gasteiger partial charge in [-0.25, -0.2) is 0 Å². The van der Waals surface area contributed by atoms with Crippen molar-refractivity contribution < 1.29 is 19.0 Å². The lowest BCUT2D eigenvalue weighted by atomic mass is 9.84. The van der Waals surface area contributed by atoms with Gasteiger partial charge in [-0.3, -0.25) is 4.79 Å². The fraction of sp³-hybridized carbons (Fsp3) is 0.917. The van der Waals surface area contributed by atoms with E-state index in [1.165, 1.54) is 14.2 Å². The molecule has 1 heterocycles. The summed E-state index contributed by atoms with van der Waals surface area (Å²) in [6.07, 6.45) is -0.0935. The molecule has 1 fully saturated rings. The predicted molar refractivity (Wildman–Crippen MR) is 60.2 cm³/mol. The maximum absolute atomic E-state index is 12.2. The average Bonchev–Trinajstić information content (AvgIpc) is 2.36. The summed E-state index contributed by atoms with van der Waals surface area (Å²) in [5.74, 6) is -0.229. The van der Waals surface area contributed by atoms with Crippen LogP contribution in [0.25, 0.3) is 0 Å². The molecule has 0 saturated carbocycles. The summed E-state index contributed by atoms with van der Waals surface area (Å²) in [7, 11) is 2.94. The van der Waals surface area contributed by atoms with Gasteiger partial charge in [0.25, 0.3) is 0 Å². The van der Waals surface area contributed by atoms with Crippen LogP contribution in [-0.2, 0) is 19.0 Å². The molecule has 0 aromatic heterocycles. The number of methoxy groups -OCH3 is 2. The third-order valence-electron chi connectivity index (χ3n) is 3.08. The fourth-order valence-corrected chi connectivity index (χ4v) is 2.50. The molecule has 4 nitrogen and oxygen atoms in total. The zero-order valence-corrected chi connectivity index (χ0v) is 11.0. The molecule has 0 bridgehead atoms. The minimum absolute atomic E-state index is 0.0411. The van der Waals surface area contributed by atoms with Gasteiger partial charge in [-0.1, -0.05) is 0 Å². The maximum Gasteiger partial charge on any atom is 0.217 e. The third-order valence-corrected chi connectivity index (χ3v) is 3.08. The van der Waals surface area contributed by atoms with Crippen LogP contribution in [0.5, 0.6) is 0 Å². The second kappa shape index (κ2) is 4.43. The van der Waals surface area contributed by atoms with Crippen molar-refractivity contribution in [3.05, 3.63) is 0 Å². The van der Waals surface area contributed by atoms with Crippen molar-refractivity contribution in [3.8, 4) is 0 Å². The number of Topliss-reactive ketones (excluding diaryl/α,β-unsaturated/α-hetero) is 1. The van der Waals surface area contributed by atoms with Crippen molar-refractivity contribution >= 4 is 5.78 Å². The second-order valence-electron chi connectivity index (χ2n) is 5.43. The zero-order chi connectivity index (χ0) is 12.6. The minimum atomic E-state index is -0.790. The SMILES string of the molecule is COC(OC)C(=O)C1CC(C)(C)OC1(C)C. The van der Waals surface area contributed by atoms with E-state index in [1.54, 1.807) is 0 Å². The maximum atomic E-state index is 12.2. The molecule has 0 radical (unpaired) electrons. The third kappa shape index (κ3) is 2.62. The van der Waals surface area contributed by atoms with E-state index in [2.05, 4.69) is 0 Å². The summed E-state index contributed by atoms with van der Waals surface area (Å²) >= 11 is 0. The molecule has 1 saturated heterocycles. The van der Waals surface area contributed by atoms with E-state index in [0.29, 0.717) is 6.42 Å². The number of ketones is 1. The van der Waals surface area contributed by atoms with Crippen LogP contribution in [0, 0.1) is 5.92 Å². The molecule has 1 aliphatic heterocycles. The number of rotatable bonds is 4. The van der Waals surface area contributed by atoms with Gasteiger partial charge in [-0.15, -0.1) is 0 Å². The van der Waals surface area contributed by atoms with Crippen LogP contribution >= 0.6 is 0 Å². The molecule has 0 aromatic rings. The van der Waals surface area contributed by atoms with Crippen LogP contribution in [0.1, 0.15) is 34.1 Å². The Bertz CT molecular complexity index is 266. The highest BCUT2D eigenvalue weighted by atomic mass is 16.7. The Morgan fingerprint density at radius 3 is 2.06 bits per heavy atom. The molecule has 0 amide bonds. The van der Waals surface area contributed by atoms with Crippen molar-refractivity contribution in [1.82, 2.24) is 0 Å². The summed E-state index contributed by atoms with van der Waals surface area (Å²) in [6, 6.07) is 0. The molecule has 1 aliphatic rings. The molecule has 16 heavy (non-hydrogen) atoms. The van der Waals surface area contributed by atoms with Crippen molar-refractivity contribution in [1.29, 1.82) is 0 Å². The lowest BCUT2D eigenvalue weighted by Crippen LogP contribution is -2.40. The predicted octanol–water partition coefficient (Wildman–Crippen LogP) is 1.77. The Hall–Kier alpha value is -0.450. The number of hydrogen-bond acceptors (Lipinski definition) is 4. The van der Waals surface area contributed by atoms with Crippen LogP contribution in [0.2, 0.25) is 0 Å². The summed E-state index contributed by atoms with van der Waals surface area (Å²) in [4.78, 5) is 12.2. The summed E-state index contributed by atoms with van der Waals surface area (Å²) in [5.41, 5.74) is -0.730. The summed E-state index contributed by atoms with van der Waals surface area (Å²) in [6.45, 7) is 7.87. The molecule has 0 spiro atoms. The molecule has 0 aromatic carbocycles. The molecule has 4 heteroatoms. The molecule has 94 valence electrons. The van der Waals surface area contributed by atoms with Gasteiger partial charge in [0.15, 0.2) is 5.78 Å². The van der Waals surface area contributed by atoms with Gasteiger partial charge in [-0.2, -0.15) is 0 Å². The van der Waals surface area contributed by atoms with E-state index in [0.717, 1.165) is 0 Å². The van der Waals surface area contributed by atoms with Gasteiger partial charge >= 0.3 is 0 Å². The van der Waals surface area contributed by atoms with E-state index in [1.807, 2.05) is 27.7 Å². The van der Waals surface area contributed by atoms with Crippen LogP contribution in [-0.4, -0.2) is 37.5 Å². The van der Waals surface area contributed by atoms with Gasteiger partial charge < -0.3 is 14.2 Å². The summed E-state index contributed by atoms with van der Waals surface area (Å²) < 4.78 is 15.9. The second-order valence-corrected chi connectivity index (χ2v) is 5.43. The lowest BCUT2D eigenvalue weighted by Gasteiger charge is -2.27. The molecular weight excluding hydrogens is 208 g/mol. The van der Waals surface area contributed by atoms with Crippen LogP contribution in [0.4, 0.5) is 0 Å². The van der Waals surface area contributed by atoms with Gasteiger partial charge in [0.2, 0.25) is 6.29 Å². The van der Waals surface area contributed by atoms with Gasteiger partial charge in [0.1, 0.15) is 0 Å². The molecule has 0 aliphatic carbocycles. The number of carbonyl (C=O) groups is 1. The van der Waals surface area contributed by atoms with Gasteiger partial charge in [0, 0.05) is 14.2 Å². The number of carbonyl (C=O) groups excluding carboxylic acids is 1. The van der Waals surface area contributed by atoms with E-state index in [4.69, 9.17) is 14.2 Å². The molecule has 1 atom stereocenters. The Morgan fingerprint density at radius 1 is 1.25 bits per heavy atom. The Labute approximate surface area is 97.2 Å². The monoisotopic (exact) mass is 230 g/mol. The van der Waals surface area contributed by atoms with E-state index < -0.39 is 11.9 Å². The largest absolute Gasteiger partial charge is 0.369 e. The first-order valence-electron chi connectivity index (χ1n) is 5.53. The van der Waals surface area contributed by atoms with Crippen LogP contribution in [0.3, 0.4) is 0 Å². The molecular formula is C12H22O4. The number of hydrogen-bond donors (Lipinski definition) is 0. The van der Waals surface area contributed by atoms with E-state index >= 15 is 0 Å². The van der Waals surface area contributed by atoms with Crippen molar-refractivity contribution in [2.75, 3.05) is 14.2 Å². The lowest BCUT2D eigenvalue weighted by molar-refractivity contribution is -0.165. The molecule has 1 rings (SSSR count). The van der Waals surface area contributed by atoms with Crippen molar-refractivity contribution in [2.45, 2.75) is 51.6 Å².